The molecule has 5 heteroatoms. The summed E-state index contributed by atoms with van der Waals surface area (Å²) < 4.78 is 0. The molecule has 0 spiro atoms. The molecule has 0 saturated carbocycles. The lowest BCUT2D eigenvalue weighted by molar-refractivity contribution is -0.135. The topological polar surface area (TPSA) is 66.6 Å². The van der Waals surface area contributed by atoms with Gasteiger partial charge in [-0.1, -0.05) is 19.9 Å². The highest BCUT2D eigenvalue weighted by atomic mass is 16.2. The summed E-state index contributed by atoms with van der Waals surface area (Å²) in [6, 6.07) is 5.39. The van der Waals surface area contributed by atoms with Crippen molar-refractivity contribution in [2.75, 3.05) is 31.9 Å². The number of nitrogens with zero attached hydrogens (tertiary/aromatic N) is 2. The van der Waals surface area contributed by atoms with Crippen molar-refractivity contribution >= 4 is 17.5 Å². The lowest BCUT2D eigenvalue weighted by atomic mass is 10.1. The molecule has 0 radical (unpaired) electrons. The van der Waals surface area contributed by atoms with Crippen molar-refractivity contribution in [3.8, 4) is 0 Å². The van der Waals surface area contributed by atoms with Gasteiger partial charge in [0.15, 0.2) is 0 Å². The number of piperazine rings is 1. The first-order valence-electron chi connectivity index (χ1n) is 7.34. The molecular weight excluding hydrogens is 266 g/mol. The van der Waals surface area contributed by atoms with E-state index in [0.29, 0.717) is 37.4 Å². The van der Waals surface area contributed by atoms with Crippen LogP contribution in [-0.4, -0.2) is 47.8 Å². The number of carbonyl (C=O) groups is 2. The van der Waals surface area contributed by atoms with Gasteiger partial charge in [-0.05, 0) is 24.6 Å². The van der Waals surface area contributed by atoms with E-state index >= 15 is 0 Å². The summed E-state index contributed by atoms with van der Waals surface area (Å²) in [6.45, 7) is 8.06. The monoisotopic (exact) mass is 289 g/mol. The van der Waals surface area contributed by atoms with Crippen LogP contribution in [-0.2, 0) is 4.79 Å². The number of aryl methyl sites for hydroxylation is 1. The van der Waals surface area contributed by atoms with E-state index < -0.39 is 0 Å². The van der Waals surface area contributed by atoms with Crippen LogP contribution in [0.1, 0.15) is 29.8 Å². The molecule has 0 bridgehead atoms. The first-order chi connectivity index (χ1) is 9.90. The Kier molecular flexibility index (Phi) is 4.50. The van der Waals surface area contributed by atoms with Crippen molar-refractivity contribution in [2.24, 2.45) is 5.92 Å². The quantitative estimate of drug-likeness (QED) is 0.839. The Morgan fingerprint density at radius 1 is 1.10 bits per heavy atom. The molecule has 1 aliphatic heterocycles. The van der Waals surface area contributed by atoms with Gasteiger partial charge in [0.25, 0.3) is 5.91 Å². The average molecular weight is 289 g/mol. The molecule has 2 rings (SSSR count). The van der Waals surface area contributed by atoms with E-state index in [-0.39, 0.29) is 17.7 Å². The molecule has 0 unspecified atom stereocenters. The number of nitrogen functional groups attached to an aromatic ring is 1. The van der Waals surface area contributed by atoms with E-state index in [1.165, 1.54) is 0 Å². The summed E-state index contributed by atoms with van der Waals surface area (Å²) in [4.78, 5) is 28.0. The molecular formula is C16H23N3O2. The number of amides is 2. The maximum absolute atomic E-state index is 12.4. The molecule has 1 aromatic rings. The number of hydrogen-bond donors (Lipinski definition) is 1. The molecule has 5 nitrogen and oxygen atoms in total. The molecule has 1 saturated heterocycles. The van der Waals surface area contributed by atoms with Gasteiger partial charge >= 0.3 is 0 Å². The number of anilines is 1. The van der Waals surface area contributed by atoms with Gasteiger partial charge in [0.1, 0.15) is 0 Å². The Hall–Kier alpha value is -2.04. The number of benzene rings is 1. The van der Waals surface area contributed by atoms with Crippen LogP contribution in [0.25, 0.3) is 0 Å². The zero-order valence-electron chi connectivity index (χ0n) is 12.9. The normalized spacial score (nSPS) is 15.4. The highest BCUT2D eigenvalue weighted by Gasteiger charge is 2.25. The van der Waals surface area contributed by atoms with Crippen LogP contribution >= 0.6 is 0 Å². The minimum atomic E-state index is -0.0154. The van der Waals surface area contributed by atoms with E-state index in [1.54, 1.807) is 17.0 Å². The van der Waals surface area contributed by atoms with Crippen LogP contribution in [0.5, 0.6) is 0 Å². The third-order valence-corrected chi connectivity index (χ3v) is 3.90. The maximum Gasteiger partial charge on any atom is 0.254 e. The fraction of sp³-hybridized carbons (Fsp3) is 0.500. The first kappa shape index (κ1) is 15.4. The second-order valence-electron chi connectivity index (χ2n) is 5.84. The third kappa shape index (κ3) is 3.35. The van der Waals surface area contributed by atoms with E-state index in [0.717, 1.165) is 5.56 Å². The predicted octanol–water partition coefficient (Wildman–Crippen LogP) is 1.52. The molecule has 21 heavy (non-hydrogen) atoms. The summed E-state index contributed by atoms with van der Waals surface area (Å²) in [6.07, 6.45) is 0. The minimum Gasteiger partial charge on any atom is -0.398 e. The molecule has 0 atom stereocenters. The Morgan fingerprint density at radius 2 is 1.67 bits per heavy atom. The Labute approximate surface area is 125 Å². The van der Waals surface area contributed by atoms with Crippen LogP contribution in [0.4, 0.5) is 5.69 Å². The van der Waals surface area contributed by atoms with Gasteiger partial charge in [0.05, 0.1) is 0 Å². The van der Waals surface area contributed by atoms with Crippen molar-refractivity contribution in [1.82, 2.24) is 9.80 Å². The molecule has 1 heterocycles. The van der Waals surface area contributed by atoms with Gasteiger partial charge < -0.3 is 15.5 Å². The van der Waals surface area contributed by atoms with Crippen LogP contribution < -0.4 is 5.73 Å². The highest BCUT2D eigenvalue weighted by Crippen LogP contribution is 2.16. The van der Waals surface area contributed by atoms with Gasteiger partial charge in [0.2, 0.25) is 5.91 Å². The van der Waals surface area contributed by atoms with Crippen molar-refractivity contribution in [3.05, 3.63) is 29.3 Å². The Bertz CT molecular complexity index is 546. The van der Waals surface area contributed by atoms with Crippen LogP contribution in [0, 0.1) is 12.8 Å². The standard InChI is InChI=1S/C16H23N3O2/c1-11(2)15(20)18-6-8-19(9-7-18)16(21)13-5-4-12(3)14(17)10-13/h4-5,10-11H,6-9,17H2,1-3H3. The molecule has 1 aliphatic rings. The van der Waals surface area contributed by atoms with Gasteiger partial charge in [0, 0.05) is 43.3 Å². The van der Waals surface area contributed by atoms with E-state index in [2.05, 4.69) is 0 Å². The molecule has 0 aromatic heterocycles. The van der Waals surface area contributed by atoms with Crippen molar-refractivity contribution in [3.63, 3.8) is 0 Å². The summed E-state index contributed by atoms with van der Waals surface area (Å²) >= 11 is 0. The predicted molar refractivity (Wildman–Crippen MR) is 82.9 cm³/mol. The van der Waals surface area contributed by atoms with Crippen LogP contribution in [0.2, 0.25) is 0 Å². The van der Waals surface area contributed by atoms with E-state index in [9.17, 15) is 9.59 Å². The smallest absolute Gasteiger partial charge is 0.254 e. The van der Waals surface area contributed by atoms with Crippen LogP contribution in [0.15, 0.2) is 18.2 Å². The molecule has 114 valence electrons. The third-order valence-electron chi connectivity index (χ3n) is 3.90. The molecule has 1 fully saturated rings. The van der Waals surface area contributed by atoms with Gasteiger partial charge in [-0.3, -0.25) is 9.59 Å². The second-order valence-corrected chi connectivity index (χ2v) is 5.84. The SMILES string of the molecule is Cc1ccc(C(=O)N2CCN(C(=O)C(C)C)CC2)cc1N. The minimum absolute atomic E-state index is 0.00384. The van der Waals surface area contributed by atoms with Gasteiger partial charge in [-0.25, -0.2) is 0 Å². The number of hydrogen-bond acceptors (Lipinski definition) is 3. The zero-order chi connectivity index (χ0) is 15.6. The highest BCUT2D eigenvalue weighted by molar-refractivity contribution is 5.95. The van der Waals surface area contributed by atoms with Gasteiger partial charge in [-0.2, -0.15) is 0 Å². The average Bonchev–Trinajstić information content (AvgIpc) is 2.48. The number of carbonyl (C=O) groups excluding carboxylic acids is 2. The Balaban J connectivity index is 2.00. The largest absolute Gasteiger partial charge is 0.398 e. The van der Waals surface area contributed by atoms with Crippen molar-refractivity contribution in [2.45, 2.75) is 20.8 Å². The number of nitrogens with two attached hydrogens (primary N) is 1. The summed E-state index contributed by atoms with van der Waals surface area (Å²) in [5.41, 5.74) is 8.08. The fourth-order valence-electron chi connectivity index (χ4n) is 2.45. The summed E-state index contributed by atoms with van der Waals surface area (Å²) in [5, 5.41) is 0. The van der Waals surface area contributed by atoms with Gasteiger partial charge in [-0.15, -0.1) is 0 Å². The lowest BCUT2D eigenvalue weighted by Gasteiger charge is -2.35. The number of rotatable bonds is 2. The lowest BCUT2D eigenvalue weighted by Crippen LogP contribution is -2.51. The van der Waals surface area contributed by atoms with Crippen molar-refractivity contribution < 1.29 is 9.59 Å². The molecule has 1 aromatic carbocycles. The zero-order valence-corrected chi connectivity index (χ0v) is 12.9. The second kappa shape index (κ2) is 6.16. The van der Waals surface area contributed by atoms with E-state index in [1.807, 2.05) is 31.7 Å². The maximum atomic E-state index is 12.4. The Morgan fingerprint density at radius 3 is 2.19 bits per heavy atom. The fourth-order valence-corrected chi connectivity index (χ4v) is 2.45. The first-order valence-corrected chi connectivity index (χ1v) is 7.34. The van der Waals surface area contributed by atoms with Crippen LogP contribution in [0.3, 0.4) is 0 Å². The molecule has 2 amide bonds. The summed E-state index contributed by atoms with van der Waals surface area (Å²) in [5.74, 6) is 0.143. The van der Waals surface area contributed by atoms with E-state index in [4.69, 9.17) is 5.73 Å². The molecule has 2 N–H and O–H groups in total. The van der Waals surface area contributed by atoms with Crippen molar-refractivity contribution in [1.29, 1.82) is 0 Å². The molecule has 0 aliphatic carbocycles. The summed E-state index contributed by atoms with van der Waals surface area (Å²) in [7, 11) is 0.